The van der Waals surface area contributed by atoms with Gasteiger partial charge in [0.25, 0.3) is 5.91 Å². The van der Waals surface area contributed by atoms with Crippen LogP contribution in [0.4, 0.5) is 10.2 Å². The number of carbonyl (C=O) groups excluding carboxylic acids is 3. The van der Waals surface area contributed by atoms with Gasteiger partial charge in [-0.1, -0.05) is 36.4 Å². The zero-order valence-corrected chi connectivity index (χ0v) is 18.5. The van der Waals surface area contributed by atoms with Gasteiger partial charge < -0.3 is 4.57 Å². The van der Waals surface area contributed by atoms with Crippen molar-refractivity contribution < 1.29 is 18.8 Å². The minimum atomic E-state index is -0.312. The number of halogens is 1. The summed E-state index contributed by atoms with van der Waals surface area (Å²) in [5.41, 5.74) is 3.27. The summed E-state index contributed by atoms with van der Waals surface area (Å²) in [6.07, 6.45) is 1.93. The second-order valence-corrected chi connectivity index (χ2v) is 7.86. The SMILES string of the molecule is CC(C)n1cnnc1-c1cccc(N2Cc3ccc(-c4ccccc4F)cc3C2=O)n1.O=C=O. The van der Waals surface area contributed by atoms with Crippen LogP contribution >= 0.6 is 0 Å². The topological polar surface area (TPSA) is 98.1 Å². The Bertz CT molecular complexity index is 1390. The van der Waals surface area contributed by atoms with Crippen molar-refractivity contribution in [3.8, 4) is 22.6 Å². The first kappa shape index (κ1) is 22.7. The molecule has 170 valence electrons. The quantitative estimate of drug-likeness (QED) is 0.453. The van der Waals surface area contributed by atoms with Crippen LogP contribution in [0.5, 0.6) is 0 Å². The van der Waals surface area contributed by atoms with Crippen LogP contribution in [0, 0.1) is 5.82 Å². The van der Waals surface area contributed by atoms with E-state index in [-0.39, 0.29) is 23.9 Å². The lowest BCUT2D eigenvalue weighted by molar-refractivity contribution is -0.191. The normalized spacial score (nSPS) is 12.2. The number of benzene rings is 2. The van der Waals surface area contributed by atoms with Crippen LogP contribution in [0.2, 0.25) is 0 Å². The minimum absolute atomic E-state index is 0.150. The first-order valence-electron chi connectivity index (χ1n) is 10.5. The van der Waals surface area contributed by atoms with Crippen molar-refractivity contribution in [2.75, 3.05) is 4.90 Å². The van der Waals surface area contributed by atoms with Crippen molar-refractivity contribution in [3.63, 3.8) is 0 Å². The first-order chi connectivity index (χ1) is 16.4. The molecule has 0 N–H and O–H groups in total. The molecular weight excluding hydrogens is 437 g/mol. The molecule has 0 spiro atoms. The third-order valence-corrected chi connectivity index (χ3v) is 5.47. The van der Waals surface area contributed by atoms with Gasteiger partial charge >= 0.3 is 6.15 Å². The van der Waals surface area contributed by atoms with E-state index in [1.807, 2.05) is 42.7 Å². The van der Waals surface area contributed by atoms with E-state index in [1.165, 1.54) is 6.07 Å². The summed E-state index contributed by atoms with van der Waals surface area (Å²) in [5, 5.41) is 8.20. The molecule has 0 fully saturated rings. The number of hydrogen-bond acceptors (Lipinski definition) is 6. The maximum atomic E-state index is 14.2. The van der Waals surface area contributed by atoms with Gasteiger partial charge in [-0.15, -0.1) is 10.2 Å². The van der Waals surface area contributed by atoms with Crippen molar-refractivity contribution in [1.29, 1.82) is 0 Å². The highest BCUT2D eigenvalue weighted by Gasteiger charge is 2.30. The average molecular weight is 457 g/mol. The summed E-state index contributed by atoms with van der Waals surface area (Å²) in [5.74, 6) is 0.740. The highest BCUT2D eigenvalue weighted by molar-refractivity contribution is 6.10. The van der Waals surface area contributed by atoms with Crippen molar-refractivity contribution in [2.24, 2.45) is 0 Å². The Labute approximate surface area is 194 Å². The molecule has 0 radical (unpaired) electrons. The molecule has 0 bridgehead atoms. The van der Waals surface area contributed by atoms with E-state index in [4.69, 9.17) is 14.6 Å². The van der Waals surface area contributed by atoms with Crippen LogP contribution < -0.4 is 4.90 Å². The Hall–Kier alpha value is -4.49. The third kappa shape index (κ3) is 4.24. The zero-order chi connectivity index (χ0) is 24.2. The maximum Gasteiger partial charge on any atom is 0.373 e. The van der Waals surface area contributed by atoms with E-state index in [0.717, 1.165) is 5.56 Å². The van der Waals surface area contributed by atoms with Gasteiger partial charge in [-0.25, -0.2) is 9.37 Å². The lowest BCUT2D eigenvalue weighted by atomic mass is 10.00. The molecule has 1 aliphatic heterocycles. The van der Waals surface area contributed by atoms with Gasteiger partial charge in [0.15, 0.2) is 5.82 Å². The molecule has 4 aromatic rings. The lowest BCUT2D eigenvalue weighted by Gasteiger charge is -2.16. The van der Waals surface area contributed by atoms with Crippen LogP contribution in [0.3, 0.4) is 0 Å². The Morgan fingerprint density at radius 2 is 1.76 bits per heavy atom. The Morgan fingerprint density at radius 1 is 1.00 bits per heavy atom. The molecule has 1 amide bonds. The van der Waals surface area contributed by atoms with Gasteiger partial charge in [0.1, 0.15) is 23.7 Å². The number of fused-ring (bicyclic) bond motifs is 1. The van der Waals surface area contributed by atoms with E-state index in [2.05, 4.69) is 10.2 Å². The molecule has 0 saturated carbocycles. The molecule has 8 nitrogen and oxygen atoms in total. The number of hydrogen-bond donors (Lipinski definition) is 0. The maximum absolute atomic E-state index is 14.2. The van der Waals surface area contributed by atoms with Crippen molar-refractivity contribution >= 4 is 17.9 Å². The molecular formula is C25H20FN5O3. The molecule has 1 aliphatic rings. The van der Waals surface area contributed by atoms with Crippen molar-refractivity contribution in [2.45, 2.75) is 26.4 Å². The van der Waals surface area contributed by atoms with Crippen LogP contribution in [0.15, 0.2) is 67.0 Å². The van der Waals surface area contributed by atoms with Gasteiger partial charge in [0.2, 0.25) is 0 Å². The van der Waals surface area contributed by atoms with Gasteiger partial charge in [0, 0.05) is 17.2 Å². The molecule has 0 unspecified atom stereocenters. The van der Waals surface area contributed by atoms with Gasteiger partial charge in [0.05, 0.1) is 6.54 Å². The summed E-state index contributed by atoms with van der Waals surface area (Å²) in [4.78, 5) is 35.8. The van der Waals surface area contributed by atoms with Crippen LogP contribution in [-0.4, -0.2) is 31.8 Å². The number of nitrogens with zero attached hydrogens (tertiary/aromatic N) is 5. The number of amides is 1. The van der Waals surface area contributed by atoms with Gasteiger partial charge in [-0.05, 0) is 49.2 Å². The fraction of sp³-hybridized carbons (Fsp3) is 0.160. The fourth-order valence-corrected chi connectivity index (χ4v) is 3.85. The van der Waals surface area contributed by atoms with E-state index in [1.54, 1.807) is 41.6 Å². The minimum Gasteiger partial charge on any atom is -0.310 e. The van der Waals surface area contributed by atoms with E-state index in [0.29, 0.717) is 40.6 Å². The monoisotopic (exact) mass is 457 g/mol. The summed E-state index contributed by atoms with van der Waals surface area (Å²) in [7, 11) is 0. The number of rotatable bonds is 4. The predicted molar refractivity (Wildman–Crippen MR) is 121 cm³/mol. The Morgan fingerprint density at radius 3 is 2.50 bits per heavy atom. The van der Waals surface area contributed by atoms with E-state index >= 15 is 0 Å². The predicted octanol–water partition coefficient (Wildman–Crippen LogP) is 4.30. The van der Waals surface area contributed by atoms with Crippen LogP contribution in [-0.2, 0) is 16.1 Å². The molecule has 0 atom stereocenters. The van der Waals surface area contributed by atoms with Crippen LogP contribution in [0.1, 0.15) is 35.8 Å². The first-order valence-corrected chi connectivity index (χ1v) is 10.5. The van der Waals surface area contributed by atoms with Gasteiger partial charge in [-0.2, -0.15) is 9.59 Å². The largest absolute Gasteiger partial charge is 0.373 e. The summed E-state index contributed by atoms with van der Waals surface area (Å²) >= 11 is 0. The zero-order valence-electron chi connectivity index (χ0n) is 18.5. The van der Waals surface area contributed by atoms with Crippen molar-refractivity contribution in [3.05, 3.63) is 83.9 Å². The fourth-order valence-electron chi connectivity index (χ4n) is 3.85. The summed E-state index contributed by atoms with van der Waals surface area (Å²) in [6, 6.07) is 17.8. The van der Waals surface area contributed by atoms with E-state index in [9.17, 15) is 9.18 Å². The molecule has 3 heterocycles. The molecule has 9 heteroatoms. The highest BCUT2D eigenvalue weighted by atomic mass is 19.1. The third-order valence-electron chi connectivity index (χ3n) is 5.47. The van der Waals surface area contributed by atoms with Crippen LogP contribution in [0.25, 0.3) is 22.6 Å². The standard InChI is InChI=1S/C24H20FN5O.CO2/c1-15(2)30-14-26-28-23(30)21-8-5-9-22(27-21)29-13-17-11-10-16(12-19(17)24(29)31)18-6-3-4-7-20(18)25;2-1-3/h3-12,14-15H,13H2,1-2H3;. The van der Waals surface area contributed by atoms with E-state index < -0.39 is 0 Å². The summed E-state index contributed by atoms with van der Waals surface area (Å²) < 4.78 is 16.2. The number of pyridine rings is 1. The molecule has 5 rings (SSSR count). The molecule has 2 aromatic carbocycles. The second kappa shape index (κ2) is 9.56. The molecule has 0 aliphatic carbocycles. The van der Waals surface area contributed by atoms with Crippen molar-refractivity contribution in [1.82, 2.24) is 19.7 Å². The average Bonchev–Trinajstić information content (AvgIpc) is 3.45. The Kier molecular flexibility index (Phi) is 6.38. The number of carbonyl (C=O) groups is 1. The number of anilines is 1. The van der Waals surface area contributed by atoms with Gasteiger partial charge in [-0.3, -0.25) is 9.69 Å². The molecule has 0 saturated heterocycles. The summed E-state index contributed by atoms with van der Waals surface area (Å²) in [6.45, 7) is 4.51. The lowest BCUT2D eigenvalue weighted by Crippen LogP contribution is -2.24. The highest BCUT2D eigenvalue weighted by Crippen LogP contribution is 2.32. The molecule has 2 aromatic heterocycles. The Balaban J connectivity index is 0.000000868. The number of aromatic nitrogens is 4. The molecule has 34 heavy (non-hydrogen) atoms. The second-order valence-electron chi connectivity index (χ2n) is 7.86. The smallest absolute Gasteiger partial charge is 0.310 e.